The second-order valence-electron chi connectivity index (χ2n) is 2.67. The fourth-order valence-electron chi connectivity index (χ4n) is 0.744. The molecular formula is C6H6F3NO5. The summed E-state index contributed by atoms with van der Waals surface area (Å²) in [6, 6.07) is 0. The van der Waals surface area contributed by atoms with Gasteiger partial charge in [-0.25, -0.2) is 4.79 Å². The lowest BCUT2D eigenvalue weighted by molar-refractivity contribution is -0.183. The van der Waals surface area contributed by atoms with Crippen LogP contribution in [0.25, 0.3) is 0 Å². The minimum atomic E-state index is -5.50. The van der Waals surface area contributed by atoms with E-state index in [4.69, 9.17) is 10.2 Å². The highest BCUT2D eigenvalue weighted by molar-refractivity contribution is 6.12. The maximum absolute atomic E-state index is 11.9. The molecular weight excluding hydrogens is 223 g/mol. The molecule has 0 aromatic rings. The first-order chi connectivity index (χ1) is 6.51. The average molecular weight is 229 g/mol. The van der Waals surface area contributed by atoms with Crippen LogP contribution in [0.2, 0.25) is 0 Å². The van der Waals surface area contributed by atoms with Crippen LogP contribution >= 0.6 is 0 Å². The van der Waals surface area contributed by atoms with Crippen LogP contribution in [0.4, 0.5) is 13.2 Å². The molecule has 0 aromatic carbocycles. The molecule has 0 aliphatic carbocycles. The summed E-state index contributed by atoms with van der Waals surface area (Å²) in [4.78, 5) is 31.0. The molecule has 0 spiro atoms. The number of ketones is 1. The lowest BCUT2D eigenvalue weighted by Gasteiger charge is -2.21. The van der Waals surface area contributed by atoms with E-state index in [2.05, 4.69) is 5.73 Å². The second kappa shape index (κ2) is 3.85. The molecule has 0 aliphatic rings. The zero-order valence-electron chi connectivity index (χ0n) is 7.04. The lowest BCUT2D eigenvalue weighted by atomic mass is 9.91. The molecule has 1 atom stereocenters. The smallest absolute Gasteiger partial charge is 0.452 e. The number of carbonyl (C=O) groups excluding carboxylic acids is 1. The van der Waals surface area contributed by atoms with E-state index in [9.17, 15) is 27.6 Å². The highest BCUT2D eigenvalue weighted by Crippen LogP contribution is 2.24. The molecule has 0 radical (unpaired) electrons. The number of Topliss-reactive ketones (excluding diaryl/α,β-unsaturated/α-hetero) is 1. The molecule has 0 aromatic heterocycles. The summed E-state index contributed by atoms with van der Waals surface area (Å²) in [6.45, 7) is 0. The highest BCUT2D eigenvalue weighted by Gasteiger charge is 2.56. The van der Waals surface area contributed by atoms with Crippen LogP contribution in [0, 0.1) is 0 Å². The summed E-state index contributed by atoms with van der Waals surface area (Å²) in [5.74, 6) is -7.06. The van der Waals surface area contributed by atoms with Crippen molar-refractivity contribution < 1.29 is 37.8 Å². The second-order valence-corrected chi connectivity index (χ2v) is 2.67. The average Bonchev–Trinajstić information content (AvgIpc) is 1.99. The molecule has 0 amide bonds. The van der Waals surface area contributed by atoms with E-state index in [0.717, 1.165) is 0 Å². The van der Waals surface area contributed by atoms with Gasteiger partial charge in [-0.05, 0) is 0 Å². The van der Waals surface area contributed by atoms with Crippen molar-refractivity contribution in [3.63, 3.8) is 0 Å². The van der Waals surface area contributed by atoms with Crippen LogP contribution in [0.3, 0.4) is 0 Å². The van der Waals surface area contributed by atoms with Gasteiger partial charge in [-0.2, -0.15) is 13.2 Å². The molecule has 0 saturated carbocycles. The molecule has 0 fully saturated rings. The van der Waals surface area contributed by atoms with E-state index in [1.54, 1.807) is 0 Å². The Morgan fingerprint density at radius 3 is 1.73 bits per heavy atom. The first-order valence-corrected chi connectivity index (χ1v) is 3.37. The number of rotatable bonds is 4. The van der Waals surface area contributed by atoms with Crippen molar-refractivity contribution in [2.45, 2.75) is 18.1 Å². The van der Waals surface area contributed by atoms with E-state index >= 15 is 0 Å². The maximum Gasteiger partial charge on any atom is 0.452 e. The number of hydrogen-bond donors (Lipinski definition) is 3. The largest absolute Gasteiger partial charge is 0.481 e. The maximum atomic E-state index is 11.9. The standard InChI is InChI=1S/C6H6F3NO5/c7-6(8,9)3(13)5(10,4(14)15)1-2(11)12/h1,10H2,(H,11,12)(H,14,15)/t5-/m0/s1. The van der Waals surface area contributed by atoms with Gasteiger partial charge in [0.05, 0.1) is 6.42 Å². The highest BCUT2D eigenvalue weighted by atomic mass is 19.4. The predicted octanol–water partition coefficient (Wildman–Crippen LogP) is -0.625. The zero-order chi connectivity index (χ0) is 12.4. The predicted molar refractivity (Wildman–Crippen MR) is 37.9 cm³/mol. The normalized spacial score (nSPS) is 15.5. The van der Waals surface area contributed by atoms with E-state index in [1.807, 2.05) is 0 Å². The molecule has 0 heterocycles. The lowest BCUT2D eigenvalue weighted by Crippen LogP contribution is -2.60. The molecule has 0 unspecified atom stereocenters. The van der Waals surface area contributed by atoms with Crippen LogP contribution < -0.4 is 5.73 Å². The van der Waals surface area contributed by atoms with Crippen molar-refractivity contribution in [3.8, 4) is 0 Å². The molecule has 0 rings (SSSR count). The van der Waals surface area contributed by atoms with Gasteiger partial charge in [-0.15, -0.1) is 0 Å². The quantitative estimate of drug-likeness (QED) is 0.552. The van der Waals surface area contributed by atoms with Gasteiger partial charge in [-0.1, -0.05) is 0 Å². The van der Waals surface area contributed by atoms with Gasteiger partial charge >= 0.3 is 18.1 Å². The third kappa shape index (κ3) is 2.91. The Balaban J connectivity index is 5.22. The molecule has 0 aliphatic heterocycles. The summed E-state index contributed by atoms with van der Waals surface area (Å²) >= 11 is 0. The van der Waals surface area contributed by atoms with Crippen LogP contribution in [0.5, 0.6) is 0 Å². The first-order valence-electron chi connectivity index (χ1n) is 3.37. The van der Waals surface area contributed by atoms with Crippen LogP contribution in [0.15, 0.2) is 0 Å². The minimum absolute atomic E-state index is 1.64. The van der Waals surface area contributed by atoms with Gasteiger partial charge in [-0.3, -0.25) is 9.59 Å². The molecule has 86 valence electrons. The molecule has 9 heteroatoms. The van der Waals surface area contributed by atoms with Crippen LogP contribution in [-0.2, 0) is 14.4 Å². The van der Waals surface area contributed by atoms with Gasteiger partial charge in [0.25, 0.3) is 5.78 Å². The number of hydrogen-bond acceptors (Lipinski definition) is 4. The van der Waals surface area contributed by atoms with Gasteiger partial charge in [0, 0.05) is 0 Å². The molecule has 15 heavy (non-hydrogen) atoms. The zero-order valence-corrected chi connectivity index (χ0v) is 7.04. The SMILES string of the molecule is N[C@](CC(=O)O)(C(=O)O)C(=O)C(F)(F)F. The summed E-state index contributed by atoms with van der Waals surface area (Å²) < 4.78 is 35.6. The van der Waals surface area contributed by atoms with Gasteiger partial charge in [0.15, 0.2) is 5.54 Å². The Kier molecular flexibility index (Phi) is 3.43. The third-order valence-electron chi connectivity index (χ3n) is 1.47. The monoisotopic (exact) mass is 229 g/mol. The Morgan fingerprint density at radius 2 is 1.53 bits per heavy atom. The Hall–Kier alpha value is -1.64. The first kappa shape index (κ1) is 13.4. The van der Waals surface area contributed by atoms with Crippen molar-refractivity contribution in [2.75, 3.05) is 0 Å². The van der Waals surface area contributed by atoms with Gasteiger partial charge in [0.1, 0.15) is 0 Å². The van der Waals surface area contributed by atoms with Crippen molar-refractivity contribution in [1.82, 2.24) is 0 Å². The fraction of sp³-hybridized carbons (Fsp3) is 0.500. The number of aliphatic carboxylic acids is 2. The summed E-state index contributed by atoms with van der Waals surface area (Å²) in [6.07, 6.45) is -7.14. The van der Waals surface area contributed by atoms with E-state index < -0.39 is 35.9 Å². The Bertz CT molecular complexity index is 312. The number of alkyl halides is 3. The number of carboxylic acid groups (broad SMARTS) is 2. The topological polar surface area (TPSA) is 118 Å². The van der Waals surface area contributed by atoms with E-state index in [1.165, 1.54) is 0 Å². The molecule has 0 saturated heterocycles. The molecule has 0 bridgehead atoms. The number of carbonyl (C=O) groups is 3. The Labute approximate surface area is 80.5 Å². The Morgan fingerprint density at radius 1 is 1.13 bits per heavy atom. The summed E-state index contributed by atoms with van der Waals surface area (Å²) in [5, 5.41) is 16.5. The minimum Gasteiger partial charge on any atom is -0.481 e. The van der Waals surface area contributed by atoms with Gasteiger partial charge in [0.2, 0.25) is 0 Å². The summed E-state index contributed by atoms with van der Waals surface area (Å²) in [5.41, 5.74) is 1.14. The number of carboxylic acids is 2. The molecule has 6 nitrogen and oxygen atoms in total. The van der Waals surface area contributed by atoms with Crippen LogP contribution in [0.1, 0.15) is 6.42 Å². The van der Waals surface area contributed by atoms with Crippen molar-refractivity contribution >= 4 is 17.7 Å². The third-order valence-corrected chi connectivity index (χ3v) is 1.47. The van der Waals surface area contributed by atoms with Crippen molar-refractivity contribution in [1.29, 1.82) is 0 Å². The van der Waals surface area contributed by atoms with Crippen LogP contribution in [-0.4, -0.2) is 39.7 Å². The fourth-order valence-corrected chi connectivity index (χ4v) is 0.744. The van der Waals surface area contributed by atoms with Gasteiger partial charge < -0.3 is 15.9 Å². The number of halogens is 3. The van der Waals surface area contributed by atoms with E-state index in [-0.39, 0.29) is 0 Å². The summed E-state index contributed by atoms with van der Waals surface area (Å²) in [7, 11) is 0. The molecule has 4 N–H and O–H groups in total. The number of nitrogens with two attached hydrogens (primary N) is 1. The van der Waals surface area contributed by atoms with Crippen molar-refractivity contribution in [2.24, 2.45) is 5.73 Å². The van der Waals surface area contributed by atoms with E-state index in [0.29, 0.717) is 0 Å². The van der Waals surface area contributed by atoms with Crippen molar-refractivity contribution in [3.05, 3.63) is 0 Å².